The Hall–Kier alpha value is -2.93. The van der Waals surface area contributed by atoms with Gasteiger partial charge in [-0.1, -0.05) is 0 Å². The summed E-state index contributed by atoms with van der Waals surface area (Å²) in [5, 5.41) is 0. The van der Waals surface area contributed by atoms with Crippen LogP contribution in [0.3, 0.4) is 0 Å². The number of hydrogen-bond donors (Lipinski definition) is 2. The molecule has 3 heterocycles. The van der Waals surface area contributed by atoms with Crippen molar-refractivity contribution in [3.63, 3.8) is 0 Å². The van der Waals surface area contributed by atoms with Gasteiger partial charge in [0, 0.05) is 50.2 Å². The van der Waals surface area contributed by atoms with Gasteiger partial charge in [-0.2, -0.15) is 0 Å². The first-order valence-corrected chi connectivity index (χ1v) is 8.26. The molecule has 0 radical (unpaired) electrons. The number of hydrogen-bond acceptors (Lipinski definition) is 5. The molecule has 0 fully saturated rings. The maximum Gasteiger partial charge on any atom is 0.255 e. The molecule has 0 atom stereocenters. The highest BCUT2D eigenvalue weighted by molar-refractivity contribution is 5.58. The molecule has 128 valence electrons. The van der Waals surface area contributed by atoms with Crippen LogP contribution in [0.2, 0.25) is 0 Å². The molecule has 1 aliphatic heterocycles. The van der Waals surface area contributed by atoms with E-state index < -0.39 is 0 Å². The van der Waals surface area contributed by atoms with Crippen LogP contribution in [0.1, 0.15) is 17.1 Å². The molecule has 25 heavy (non-hydrogen) atoms. The van der Waals surface area contributed by atoms with Crippen LogP contribution in [0.15, 0.2) is 41.5 Å². The normalized spacial score (nSPS) is 14.4. The predicted molar refractivity (Wildman–Crippen MR) is 95.7 cm³/mol. The first kappa shape index (κ1) is 15.6. The summed E-state index contributed by atoms with van der Waals surface area (Å²) in [5.74, 6) is 1.59. The highest BCUT2D eigenvalue weighted by Crippen LogP contribution is 2.20. The lowest BCUT2D eigenvalue weighted by molar-refractivity contribution is 0.233. The average molecular weight is 336 g/mol. The van der Waals surface area contributed by atoms with Gasteiger partial charge in [-0.3, -0.25) is 9.69 Å². The van der Waals surface area contributed by atoms with Gasteiger partial charge in [0.25, 0.3) is 5.56 Å². The van der Waals surface area contributed by atoms with Crippen molar-refractivity contribution >= 4 is 5.69 Å². The molecule has 7 heteroatoms. The molecular formula is C18H20N6O. The number of nitrogens with zero attached hydrogens (tertiary/aromatic N) is 4. The van der Waals surface area contributed by atoms with Crippen LogP contribution in [-0.2, 0) is 26.6 Å². The summed E-state index contributed by atoms with van der Waals surface area (Å²) >= 11 is 0. The van der Waals surface area contributed by atoms with E-state index >= 15 is 0 Å². The van der Waals surface area contributed by atoms with E-state index in [4.69, 9.17) is 5.73 Å². The van der Waals surface area contributed by atoms with Crippen molar-refractivity contribution in [2.75, 3.05) is 12.3 Å². The summed E-state index contributed by atoms with van der Waals surface area (Å²) in [4.78, 5) is 26.7. The number of aromatic amines is 1. The molecule has 0 saturated heterocycles. The number of H-pyrrole nitrogens is 1. The smallest absolute Gasteiger partial charge is 0.255 e. The van der Waals surface area contributed by atoms with Crippen LogP contribution in [0.4, 0.5) is 5.69 Å². The number of aryl methyl sites for hydroxylation is 1. The van der Waals surface area contributed by atoms with Crippen LogP contribution < -0.4 is 11.3 Å². The Morgan fingerprint density at radius 3 is 2.80 bits per heavy atom. The fourth-order valence-electron chi connectivity index (χ4n) is 3.14. The maximum absolute atomic E-state index is 12.6. The van der Waals surface area contributed by atoms with Crippen LogP contribution in [0.5, 0.6) is 0 Å². The van der Waals surface area contributed by atoms with E-state index in [0.717, 1.165) is 42.2 Å². The van der Waals surface area contributed by atoms with Crippen molar-refractivity contribution in [2.45, 2.75) is 19.5 Å². The van der Waals surface area contributed by atoms with Crippen LogP contribution in [-0.4, -0.2) is 31.0 Å². The molecule has 0 aliphatic carbocycles. The number of nitrogen functional groups attached to an aromatic ring is 1. The number of fused-ring (bicyclic) bond motifs is 1. The molecule has 0 unspecified atom stereocenters. The Balaban J connectivity index is 1.60. The second-order valence-electron chi connectivity index (χ2n) is 6.38. The zero-order valence-electron chi connectivity index (χ0n) is 14.1. The van der Waals surface area contributed by atoms with Crippen molar-refractivity contribution in [3.05, 3.63) is 64.1 Å². The molecule has 3 N–H and O–H groups in total. The average Bonchev–Trinajstić information content (AvgIpc) is 3.01. The van der Waals surface area contributed by atoms with Gasteiger partial charge in [0.2, 0.25) is 0 Å². The zero-order chi connectivity index (χ0) is 17.4. The number of anilines is 1. The molecule has 3 aromatic rings. The van der Waals surface area contributed by atoms with Crippen LogP contribution in [0, 0.1) is 0 Å². The third-order valence-corrected chi connectivity index (χ3v) is 4.62. The Labute approximate surface area is 145 Å². The number of nitrogens with two attached hydrogens (primary N) is 1. The minimum atomic E-state index is -0.0682. The summed E-state index contributed by atoms with van der Waals surface area (Å²) in [6, 6.07) is 7.36. The molecule has 0 bridgehead atoms. The minimum absolute atomic E-state index is 0.0682. The molecule has 1 aromatic carbocycles. The first-order chi connectivity index (χ1) is 12.1. The first-order valence-electron chi connectivity index (χ1n) is 8.26. The van der Waals surface area contributed by atoms with E-state index in [9.17, 15) is 4.79 Å². The van der Waals surface area contributed by atoms with Crippen LogP contribution >= 0.6 is 0 Å². The van der Waals surface area contributed by atoms with Crippen molar-refractivity contribution in [1.82, 2.24) is 24.4 Å². The largest absolute Gasteiger partial charge is 0.399 e. The van der Waals surface area contributed by atoms with Gasteiger partial charge in [0.15, 0.2) is 0 Å². The standard InChI is InChI=1S/C18H20N6O/c1-23-9-7-20-16(23)11-24-8-6-15-14(10-24)18(25)22-17(21-15)12-2-4-13(19)5-3-12/h2-5,7,9H,6,8,10-11,19H2,1H3,(H,21,22,25). The topological polar surface area (TPSA) is 92.8 Å². The highest BCUT2D eigenvalue weighted by Gasteiger charge is 2.22. The second-order valence-corrected chi connectivity index (χ2v) is 6.38. The maximum atomic E-state index is 12.6. The Morgan fingerprint density at radius 1 is 1.28 bits per heavy atom. The number of benzene rings is 1. The molecule has 0 spiro atoms. The van der Waals surface area contributed by atoms with Gasteiger partial charge in [-0.15, -0.1) is 0 Å². The molecule has 0 saturated carbocycles. The number of aromatic nitrogens is 4. The van der Waals surface area contributed by atoms with Crippen molar-refractivity contribution in [3.8, 4) is 11.4 Å². The van der Waals surface area contributed by atoms with Gasteiger partial charge < -0.3 is 15.3 Å². The Kier molecular flexibility index (Phi) is 3.85. The van der Waals surface area contributed by atoms with Gasteiger partial charge in [0.05, 0.1) is 17.8 Å². The summed E-state index contributed by atoms with van der Waals surface area (Å²) in [5.41, 5.74) is 8.84. The van der Waals surface area contributed by atoms with E-state index in [1.54, 1.807) is 6.20 Å². The van der Waals surface area contributed by atoms with E-state index in [-0.39, 0.29) is 5.56 Å². The van der Waals surface area contributed by atoms with Gasteiger partial charge in [-0.05, 0) is 24.3 Å². The lowest BCUT2D eigenvalue weighted by atomic mass is 10.1. The van der Waals surface area contributed by atoms with Gasteiger partial charge in [-0.25, -0.2) is 9.97 Å². The van der Waals surface area contributed by atoms with Crippen molar-refractivity contribution in [1.29, 1.82) is 0 Å². The molecule has 2 aromatic heterocycles. The fraction of sp³-hybridized carbons (Fsp3) is 0.278. The number of rotatable bonds is 3. The lowest BCUT2D eigenvalue weighted by Crippen LogP contribution is -2.36. The van der Waals surface area contributed by atoms with Gasteiger partial charge >= 0.3 is 0 Å². The molecule has 7 nitrogen and oxygen atoms in total. The summed E-state index contributed by atoms with van der Waals surface area (Å²) in [6.45, 7) is 2.17. The quantitative estimate of drug-likeness (QED) is 0.704. The summed E-state index contributed by atoms with van der Waals surface area (Å²) in [6.07, 6.45) is 4.48. The molecular weight excluding hydrogens is 316 g/mol. The Morgan fingerprint density at radius 2 is 2.08 bits per heavy atom. The van der Waals surface area contributed by atoms with Crippen molar-refractivity contribution in [2.24, 2.45) is 7.05 Å². The third-order valence-electron chi connectivity index (χ3n) is 4.62. The van der Waals surface area contributed by atoms with Crippen LogP contribution in [0.25, 0.3) is 11.4 Å². The van der Waals surface area contributed by atoms with E-state index in [2.05, 4.69) is 19.9 Å². The predicted octanol–water partition coefficient (Wildman–Crippen LogP) is 1.31. The summed E-state index contributed by atoms with van der Waals surface area (Å²) < 4.78 is 2.00. The SMILES string of the molecule is Cn1ccnc1CN1CCc2nc(-c3ccc(N)cc3)[nH]c(=O)c2C1. The molecule has 0 amide bonds. The fourth-order valence-corrected chi connectivity index (χ4v) is 3.14. The second kappa shape index (κ2) is 6.18. The lowest BCUT2D eigenvalue weighted by Gasteiger charge is -2.27. The zero-order valence-corrected chi connectivity index (χ0v) is 14.1. The monoisotopic (exact) mass is 336 g/mol. The molecule has 4 rings (SSSR count). The number of nitrogens with one attached hydrogen (secondary N) is 1. The highest BCUT2D eigenvalue weighted by atomic mass is 16.1. The van der Waals surface area contributed by atoms with E-state index in [1.165, 1.54) is 0 Å². The minimum Gasteiger partial charge on any atom is -0.399 e. The Bertz CT molecular complexity index is 956. The third kappa shape index (κ3) is 3.06. The van der Waals surface area contributed by atoms with Gasteiger partial charge in [0.1, 0.15) is 11.6 Å². The molecule has 1 aliphatic rings. The number of imidazole rings is 1. The van der Waals surface area contributed by atoms with Crippen molar-refractivity contribution < 1.29 is 0 Å². The van der Waals surface area contributed by atoms with E-state index in [0.29, 0.717) is 18.1 Å². The summed E-state index contributed by atoms with van der Waals surface area (Å²) in [7, 11) is 1.98. The van der Waals surface area contributed by atoms with E-state index in [1.807, 2.05) is 42.1 Å².